The number of likely N-dealkylation sites (tertiary alicyclic amines) is 1. The van der Waals surface area contributed by atoms with Gasteiger partial charge in [-0.15, -0.1) is 16.9 Å². The van der Waals surface area contributed by atoms with Crippen LogP contribution in [0.25, 0.3) is 22.5 Å². The molecule has 0 unspecified atom stereocenters. The van der Waals surface area contributed by atoms with Crippen molar-refractivity contribution in [2.24, 2.45) is 0 Å². The summed E-state index contributed by atoms with van der Waals surface area (Å²) in [6, 6.07) is 34.5. The van der Waals surface area contributed by atoms with Crippen molar-refractivity contribution in [2.45, 2.75) is 74.6 Å². The summed E-state index contributed by atoms with van der Waals surface area (Å²) in [5.74, 6) is 2.61. The number of hydrogen-bond acceptors (Lipinski definition) is 11. The van der Waals surface area contributed by atoms with Crippen molar-refractivity contribution >= 4 is 27.9 Å². The molecule has 1 amide bonds. The summed E-state index contributed by atoms with van der Waals surface area (Å²) >= 11 is 1.35. The lowest BCUT2D eigenvalue weighted by Crippen LogP contribution is -2.41. The number of benzene rings is 5. The number of thioether (sulfide) groups is 1. The molecule has 6 aromatic rings. The number of methoxy groups -OCH3 is 3. The van der Waals surface area contributed by atoms with Crippen LogP contribution < -0.4 is 14.2 Å². The van der Waals surface area contributed by atoms with Gasteiger partial charge in [-0.25, -0.2) is 17.9 Å². The molecule has 1 aromatic heterocycles. The van der Waals surface area contributed by atoms with E-state index in [-0.39, 0.29) is 36.5 Å². The van der Waals surface area contributed by atoms with E-state index in [1.54, 1.807) is 30.9 Å². The molecule has 13 nitrogen and oxygen atoms in total. The highest BCUT2D eigenvalue weighted by molar-refractivity contribution is 7.99. The van der Waals surface area contributed by atoms with Gasteiger partial charge < -0.3 is 23.8 Å². The van der Waals surface area contributed by atoms with Crippen LogP contribution in [0.3, 0.4) is 0 Å². The van der Waals surface area contributed by atoms with E-state index in [4.69, 9.17) is 18.9 Å². The Morgan fingerprint density at radius 1 is 0.746 bits per heavy atom. The molecule has 0 radical (unpaired) electrons. The molecule has 330 valence electrons. The maximum Gasteiger partial charge on any atom is 0.410 e. The lowest BCUT2D eigenvalue weighted by Gasteiger charge is -2.33. The Kier molecular flexibility index (Phi) is 14.1. The van der Waals surface area contributed by atoms with Gasteiger partial charge in [-0.05, 0) is 132 Å². The van der Waals surface area contributed by atoms with Crippen molar-refractivity contribution in [2.75, 3.05) is 40.7 Å². The number of hydrogen-bond donors (Lipinski definition) is 0. The van der Waals surface area contributed by atoms with Gasteiger partial charge in [0.2, 0.25) is 10.0 Å². The van der Waals surface area contributed by atoms with Gasteiger partial charge in [0.15, 0.2) is 5.82 Å². The molecule has 0 saturated carbocycles. The van der Waals surface area contributed by atoms with E-state index in [9.17, 15) is 4.79 Å². The third-order valence-corrected chi connectivity index (χ3v) is 13.8. The quantitative estimate of drug-likeness (QED) is 0.0912. The number of tetrazole rings is 1. The SMILES string of the molecule is COc1ccc(CN(Cc2ccc(OC)cc2)S(=O)(=O)c2c(SC)ccc(-c3ccc(C4CCN(C(=O)OC(C)(C)C)CC4)cc3)c2-c2nnnn2Cc2ccc(OC)cc2)cc1. The molecular weight excluding hydrogens is 837 g/mol. The van der Waals surface area contributed by atoms with Crippen LogP contribution in [0.4, 0.5) is 4.79 Å². The van der Waals surface area contributed by atoms with Crippen molar-refractivity contribution in [3.05, 3.63) is 131 Å². The van der Waals surface area contributed by atoms with Crippen molar-refractivity contribution in [3.63, 3.8) is 0 Å². The molecule has 0 N–H and O–H groups in total. The third kappa shape index (κ3) is 10.7. The van der Waals surface area contributed by atoms with E-state index in [2.05, 4.69) is 27.7 Å². The molecule has 0 atom stereocenters. The smallest absolute Gasteiger partial charge is 0.410 e. The van der Waals surface area contributed by atoms with Crippen molar-refractivity contribution < 1.29 is 32.2 Å². The Balaban J connectivity index is 1.33. The van der Waals surface area contributed by atoms with Gasteiger partial charge in [-0.1, -0.05) is 66.7 Å². The van der Waals surface area contributed by atoms with Gasteiger partial charge in [0.05, 0.1) is 27.9 Å². The summed E-state index contributed by atoms with van der Waals surface area (Å²) < 4.78 is 56.5. The number of rotatable bonds is 15. The van der Waals surface area contributed by atoms with Gasteiger partial charge in [-0.2, -0.15) is 4.31 Å². The van der Waals surface area contributed by atoms with Gasteiger partial charge in [0, 0.05) is 36.6 Å². The Hall–Kier alpha value is -5.90. The molecule has 0 aliphatic carbocycles. The molecule has 5 aromatic carbocycles. The molecule has 15 heteroatoms. The fourth-order valence-electron chi connectivity index (χ4n) is 7.72. The Morgan fingerprint density at radius 2 is 1.27 bits per heavy atom. The molecule has 7 rings (SSSR count). The fourth-order valence-corrected chi connectivity index (χ4v) is 10.5. The zero-order valence-corrected chi connectivity index (χ0v) is 38.4. The van der Waals surface area contributed by atoms with E-state index in [0.29, 0.717) is 52.2 Å². The number of sulfonamides is 1. The Morgan fingerprint density at radius 3 is 1.76 bits per heavy atom. The van der Waals surface area contributed by atoms with E-state index >= 15 is 8.42 Å². The molecule has 0 bridgehead atoms. The molecule has 1 aliphatic heterocycles. The van der Waals surface area contributed by atoms with Crippen LogP contribution in [-0.4, -0.2) is 90.2 Å². The maximum absolute atomic E-state index is 15.8. The summed E-state index contributed by atoms with van der Waals surface area (Å²) in [6.45, 7) is 7.26. The van der Waals surface area contributed by atoms with Crippen LogP contribution in [0, 0.1) is 0 Å². The molecule has 1 fully saturated rings. The van der Waals surface area contributed by atoms with Gasteiger partial charge in [-0.3, -0.25) is 0 Å². The largest absolute Gasteiger partial charge is 0.497 e. The lowest BCUT2D eigenvalue weighted by molar-refractivity contribution is 0.0204. The molecule has 1 saturated heterocycles. The van der Waals surface area contributed by atoms with Gasteiger partial charge >= 0.3 is 6.09 Å². The number of carbonyl (C=O) groups excluding carboxylic acids is 1. The zero-order chi connectivity index (χ0) is 44.7. The van der Waals surface area contributed by atoms with E-state index in [1.807, 2.05) is 124 Å². The molecule has 1 aliphatic rings. The van der Waals surface area contributed by atoms with E-state index in [0.717, 1.165) is 40.7 Å². The van der Waals surface area contributed by atoms with Crippen molar-refractivity contribution in [3.8, 4) is 39.8 Å². The average molecular weight is 891 g/mol. The van der Waals surface area contributed by atoms with Crippen LogP contribution in [0.5, 0.6) is 17.2 Å². The Labute approximate surface area is 374 Å². The van der Waals surface area contributed by atoms with Crippen LogP contribution >= 0.6 is 11.8 Å². The molecule has 0 spiro atoms. The van der Waals surface area contributed by atoms with Gasteiger partial charge in [0.25, 0.3) is 0 Å². The number of nitrogens with zero attached hydrogens (tertiary/aromatic N) is 6. The minimum atomic E-state index is -4.32. The van der Waals surface area contributed by atoms with Crippen LogP contribution in [-0.2, 0) is 34.4 Å². The third-order valence-electron chi connectivity index (χ3n) is 11.1. The summed E-state index contributed by atoms with van der Waals surface area (Å²) in [6.07, 6.45) is 3.18. The second-order valence-electron chi connectivity index (χ2n) is 16.4. The number of amides is 1. The second-order valence-corrected chi connectivity index (χ2v) is 19.1. The lowest BCUT2D eigenvalue weighted by atomic mass is 9.88. The Bertz CT molecular complexity index is 2540. The normalized spacial score (nSPS) is 13.6. The van der Waals surface area contributed by atoms with Gasteiger partial charge in [0.1, 0.15) is 27.7 Å². The molecular formula is C48H54N6O7S2. The highest BCUT2D eigenvalue weighted by atomic mass is 32.2. The zero-order valence-electron chi connectivity index (χ0n) is 36.8. The molecule has 63 heavy (non-hydrogen) atoms. The summed E-state index contributed by atoms with van der Waals surface area (Å²) in [7, 11) is 0.488. The molecule has 2 heterocycles. The van der Waals surface area contributed by atoms with Crippen LogP contribution in [0.15, 0.2) is 119 Å². The predicted molar refractivity (Wildman–Crippen MR) is 245 cm³/mol. The number of ether oxygens (including phenoxy) is 4. The first-order valence-electron chi connectivity index (χ1n) is 20.7. The summed E-state index contributed by atoms with van der Waals surface area (Å²) in [4.78, 5) is 15.2. The minimum Gasteiger partial charge on any atom is -0.497 e. The first-order valence-corrected chi connectivity index (χ1v) is 23.4. The monoisotopic (exact) mass is 890 g/mol. The van der Waals surface area contributed by atoms with Crippen molar-refractivity contribution in [1.29, 1.82) is 0 Å². The first kappa shape index (κ1) is 45.1. The number of aromatic nitrogens is 4. The van der Waals surface area contributed by atoms with E-state index < -0.39 is 15.6 Å². The van der Waals surface area contributed by atoms with Crippen LogP contribution in [0.2, 0.25) is 0 Å². The summed E-state index contributed by atoms with van der Waals surface area (Å²) in [5, 5.41) is 13.1. The highest BCUT2D eigenvalue weighted by Gasteiger charge is 2.35. The fraction of sp³-hybridized carbons (Fsp3) is 0.333. The highest BCUT2D eigenvalue weighted by Crippen LogP contribution is 2.43. The number of carbonyl (C=O) groups is 1. The van der Waals surface area contributed by atoms with E-state index in [1.165, 1.54) is 16.1 Å². The maximum atomic E-state index is 15.8. The predicted octanol–water partition coefficient (Wildman–Crippen LogP) is 9.31. The number of piperidine rings is 1. The van der Waals surface area contributed by atoms with Crippen molar-refractivity contribution in [1.82, 2.24) is 29.4 Å². The second kappa shape index (κ2) is 19.7. The summed E-state index contributed by atoms with van der Waals surface area (Å²) in [5.41, 5.74) is 4.93. The first-order chi connectivity index (χ1) is 30.3. The standard InChI is InChI=1S/C48H54N6O7S2/c1-48(2,3)61-47(55)52-28-26-37(27-29-52)36-14-16-38(17-15-36)42-24-25-43(62-7)45(44(42)46-49-50-51-54(46)32-35-12-22-41(60-6)23-13-35)63(56,57)53(30-33-8-18-39(58-4)19-9-33)31-34-10-20-40(59-5)21-11-34/h8-25,37H,26-32H2,1-7H3. The topological polar surface area (TPSA) is 138 Å². The minimum absolute atomic E-state index is 0.0775. The van der Waals surface area contributed by atoms with Crippen LogP contribution in [0.1, 0.15) is 61.8 Å². The average Bonchev–Trinajstić information content (AvgIpc) is 3.76.